The smallest absolute Gasteiger partial charge is 0.219 e. The summed E-state index contributed by atoms with van der Waals surface area (Å²) in [5, 5.41) is 5.49. The molecule has 2 aliphatic heterocycles. The van der Waals surface area contributed by atoms with Gasteiger partial charge in [0.2, 0.25) is 5.88 Å². The number of nitrogens with zero attached hydrogens (tertiary/aromatic N) is 2. The third-order valence-corrected chi connectivity index (χ3v) is 6.10. The molecule has 1 aromatic heterocycles. The summed E-state index contributed by atoms with van der Waals surface area (Å²) in [5.74, 6) is 1.44. The second kappa shape index (κ2) is 8.66. The molecular weight excluding hydrogens is 358 g/mol. The van der Waals surface area contributed by atoms with Gasteiger partial charge in [0, 0.05) is 22.5 Å². The normalized spacial score (nSPS) is 18.7. The van der Waals surface area contributed by atoms with Gasteiger partial charge in [0.1, 0.15) is 0 Å². The molecule has 5 heteroatoms. The summed E-state index contributed by atoms with van der Waals surface area (Å²) < 4.78 is 6.33. The van der Waals surface area contributed by atoms with Gasteiger partial charge in [-0.15, -0.1) is 0 Å². The molecule has 0 bridgehead atoms. The highest BCUT2D eigenvalue weighted by molar-refractivity contribution is 6.31. The van der Waals surface area contributed by atoms with Gasteiger partial charge < -0.3 is 15.0 Å². The maximum Gasteiger partial charge on any atom is 0.219 e. The molecule has 27 heavy (non-hydrogen) atoms. The minimum atomic E-state index is 0.629. The van der Waals surface area contributed by atoms with Crippen molar-refractivity contribution in [3.63, 3.8) is 0 Å². The SMILES string of the molecule is CCCN1CCC(COc2nc3cc(Cl)ccc3c3c2CCCCN3)CC1. The van der Waals surface area contributed by atoms with Crippen LogP contribution in [0.1, 0.15) is 44.6 Å². The molecule has 0 spiro atoms. The van der Waals surface area contributed by atoms with E-state index in [9.17, 15) is 0 Å². The van der Waals surface area contributed by atoms with Gasteiger partial charge in [-0.3, -0.25) is 0 Å². The molecule has 2 aliphatic rings. The van der Waals surface area contributed by atoms with Crippen LogP contribution < -0.4 is 10.1 Å². The van der Waals surface area contributed by atoms with E-state index < -0.39 is 0 Å². The summed E-state index contributed by atoms with van der Waals surface area (Å²) >= 11 is 6.22. The van der Waals surface area contributed by atoms with Gasteiger partial charge in [0.05, 0.1) is 17.8 Å². The molecule has 4 rings (SSSR count). The summed E-state index contributed by atoms with van der Waals surface area (Å²) in [6, 6.07) is 5.97. The van der Waals surface area contributed by atoms with Gasteiger partial charge in [-0.25, -0.2) is 4.98 Å². The minimum absolute atomic E-state index is 0.629. The Morgan fingerprint density at radius 1 is 1.26 bits per heavy atom. The second-order valence-corrected chi connectivity index (χ2v) is 8.35. The Kier molecular flexibility index (Phi) is 6.04. The molecule has 3 heterocycles. The maximum atomic E-state index is 6.33. The van der Waals surface area contributed by atoms with Crippen LogP contribution in [0.2, 0.25) is 5.02 Å². The van der Waals surface area contributed by atoms with E-state index >= 15 is 0 Å². The fraction of sp³-hybridized carbons (Fsp3) is 0.591. The van der Waals surface area contributed by atoms with Crippen LogP contribution in [0.3, 0.4) is 0 Å². The van der Waals surface area contributed by atoms with Crippen molar-refractivity contribution < 1.29 is 4.74 Å². The topological polar surface area (TPSA) is 37.4 Å². The van der Waals surface area contributed by atoms with Crippen LogP contribution in [-0.2, 0) is 6.42 Å². The van der Waals surface area contributed by atoms with Crippen LogP contribution >= 0.6 is 11.6 Å². The van der Waals surface area contributed by atoms with E-state index in [2.05, 4.69) is 23.2 Å². The molecule has 146 valence electrons. The van der Waals surface area contributed by atoms with E-state index in [1.54, 1.807) is 0 Å². The number of fused-ring (bicyclic) bond motifs is 3. The molecule has 4 nitrogen and oxygen atoms in total. The van der Waals surface area contributed by atoms with Crippen molar-refractivity contribution in [1.29, 1.82) is 0 Å². The quantitative estimate of drug-likeness (QED) is 0.770. The molecular formula is C22H30ClN3O. The first-order valence-electron chi connectivity index (χ1n) is 10.5. The van der Waals surface area contributed by atoms with Crippen molar-refractivity contribution in [2.45, 2.75) is 45.4 Å². The lowest BCUT2D eigenvalue weighted by atomic mass is 9.97. The molecule has 1 fully saturated rings. The highest BCUT2D eigenvalue weighted by Crippen LogP contribution is 2.36. The van der Waals surface area contributed by atoms with E-state index in [-0.39, 0.29) is 0 Å². The number of ether oxygens (including phenoxy) is 1. The Balaban J connectivity index is 1.53. The molecule has 1 N–H and O–H groups in total. The van der Waals surface area contributed by atoms with E-state index in [0.29, 0.717) is 5.92 Å². The van der Waals surface area contributed by atoms with E-state index in [4.69, 9.17) is 21.3 Å². The second-order valence-electron chi connectivity index (χ2n) is 7.91. The van der Waals surface area contributed by atoms with Crippen molar-refractivity contribution in [3.05, 3.63) is 28.8 Å². The Hall–Kier alpha value is -1.52. The summed E-state index contributed by atoms with van der Waals surface area (Å²) in [5.41, 5.74) is 3.36. The first-order valence-corrected chi connectivity index (χ1v) is 10.8. The number of pyridine rings is 1. The van der Waals surface area contributed by atoms with E-state index in [1.807, 2.05) is 12.1 Å². The summed E-state index contributed by atoms with van der Waals surface area (Å²) in [6.07, 6.45) is 7.06. The number of hydrogen-bond donors (Lipinski definition) is 1. The molecule has 1 aromatic carbocycles. The Bertz CT molecular complexity index is 787. The first kappa shape index (κ1) is 18.8. The van der Waals surface area contributed by atoms with Gasteiger partial charge >= 0.3 is 0 Å². The molecule has 0 unspecified atom stereocenters. The Morgan fingerprint density at radius 3 is 2.93 bits per heavy atom. The van der Waals surface area contributed by atoms with Crippen molar-refractivity contribution in [1.82, 2.24) is 9.88 Å². The summed E-state index contributed by atoms with van der Waals surface area (Å²) in [6.45, 7) is 7.65. The molecule has 0 radical (unpaired) electrons. The fourth-order valence-electron chi connectivity index (χ4n) is 4.34. The van der Waals surface area contributed by atoms with E-state index in [0.717, 1.165) is 41.4 Å². The predicted octanol–water partition coefficient (Wildman–Crippen LogP) is 5.14. The number of anilines is 1. The van der Waals surface area contributed by atoms with Crippen molar-refractivity contribution in [3.8, 4) is 5.88 Å². The number of nitrogens with one attached hydrogen (secondary N) is 1. The zero-order valence-corrected chi connectivity index (χ0v) is 17.0. The highest BCUT2D eigenvalue weighted by Gasteiger charge is 2.22. The maximum absolute atomic E-state index is 6.33. The monoisotopic (exact) mass is 387 g/mol. The van der Waals surface area contributed by atoms with Crippen LogP contribution in [0.15, 0.2) is 18.2 Å². The number of piperidine rings is 1. The number of hydrogen-bond acceptors (Lipinski definition) is 4. The lowest BCUT2D eigenvalue weighted by molar-refractivity contribution is 0.139. The molecule has 0 saturated carbocycles. The largest absolute Gasteiger partial charge is 0.477 e. The summed E-state index contributed by atoms with van der Waals surface area (Å²) in [7, 11) is 0. The molecule has 0 amide bonds. The highest BCUT2D eigenvalue weighted by atomic mass is 35.5. The third-order valence-electron chi connectivity index (χ3n) is 5.87. The molecule has 0 atom stereocenters. The number of halogens is 1. The van der Waals surface area contributed by atoms with Crippen LogP contribution in [-0.4, -0.2) is 42.7 Å². The predicted molar refractivity (Wildman–Crippen MR) is 113 cm³/mol. The van der Waals surface area contributed by atoms with Crippen molar-refractivity contribution >= 4 is 28.2 Å². The lowest BCUT2D eigenvalue weighted by Crippen LogP contribution is -2.36. The van der Waals surface area contributed by atoms with Gasteiger partial charge in [0.15, 0.2) is 0 Å². The van der Waals surface area contributed by atoms with Crippen LogP contribution in [0.5, 0.6) is 5.88 Å². The lowest BCUT2D eigenvalue weighted by Gasteiger charge is -2.31. The molecule has 1 saturated heterocycles. The number of benzene rings is 1. The van der Waals surface area contributed by atoms with Crippen LogP contribution in [0.4, 0.5) is 5.69 Å². The Morgan fingerprint density at radius 2 is 2.11 bits per heavy atom. The van der Waals surface area contributed by atoms with Gasteiger partial charge in [-0.1, -0.05) is 18.5 Å². The average molecular weight is 388 g/mol. The number of aromatic nitrogens is 1. The average Bonchev–Trinajstić information content (AvgIpc) is 2.93. The Labute approximate surface area is 167 Å². The summed E-state index contributed by atoms with van der Waals surface area (Å²) in [4.78, 5) is 7.43. The zero-order valence-electron chi connectivity index (χ0n) is 16.3. The number of likely N-dealkylation sites (tertiary alicyclic amines) is 1. The van der Waals surface area contributed by atoms with Crippen LogP contribution in [0.25, 0.3) is 10.9 Å². The third kappa shape index (κ3) is 4.33. The van der Waals surface area contributed by atoms with Gasteiger partial charge in [-0.05, 0) is 82.3 Å². The van der Waals surface area contributed by atoms with Crippen molar-refractivity contribution in [2.24, 2.45) is 5.92 Å². The van der Waals surface area contributed by atoms with Gasteiger partial charge in [0.25, 0.3) is 0 Å². The number of rotatable bonds is 5. The first-order chi connectivity index (χ1) is 13.2. The van der Waals surface area contributed by atoms with Crippen molar-refractivity contribution in [2.75, 3.05) is 38.1 Å². The standard InChI is InChI=1S/C22H30ClN3O/c1-2-11-26-12-8-16(9-13-26)15-27-22-19-5-3-4-10-24-21(19)18-7-6-17(23)14-20(18)25-22/h6-7,14,16,24H,2-5,8-13,15H2,1H3. The molecule has 0 aliphatic carbocycles. The molecule has 2 aromatic rings. The minimum Gasteiger partial charge on any atom is -0.477 e. The van der Waals surface area contributed by atoms with Crippen LogP contribution in [0, 0.1) is 5.92 Å². The van der Waals surface area contributed by atoms with E-state index in [1.165, 1.54) is 63.0 Å². The van der Waals surface area contributed by atoms with Gasteiger partial charge in [-0.2, -0.15) is 0 Å². The fourth-order valence-corrected chi connectivity index (χ4v) is 4.50. The zero-order chi connectivity index (χ0) is 18.6.